The minimum Gasteiger partial charge on any atom is -0.466 e. The van der Waals surface area contributed by atoms with Crippen molar-refractivity contribution in [1.82, 2.24) is 5.32 Å². The Morgan fingerprint density at radius 2 is 2.05 bits per heavy atom. The Hall–Kier alpha value is -1.51. The molecular formula is C13H16F3NO4S. The predicted molar refractivity (Wildman–Crippen MR) is 71.8 cm³/mol. The molecule has 2 unspecified atom stereocenters. The number of alkyl halides is 3. The van der Waals surface area contributed by atoms with Crippen LogP contribution >= 0.6 is 0 Å². The summed E-state index contributed by atoms with van der Waals surface area (Å²) in [6.07, 6.45) is -4.38. The van der Waals surface area contributed by atoms with Gasteiger partial charge in [0.1, 0.15) is 11.5 Å². The van der Waals surface area contributed by atoms with E-state index in [9.17, 15) is 26.4 Å². The van der Waals surface area contributed by atoms with Crippen LogP contribution in [0.3, 0.4) is 0 Å². The van der Waals surface area contributed by atoms with Crippen molar-refractivity contribution in [1.29, 1.82) is 0 Å². The Morgan fingerprint density at radius 3 is 2.59 bits per heavy atom. The maximum Gasteiger partial charge on any atom is 0.393 e. The zero-order valence-corrected chi connectivity index (χ0v) is 12.6. The molecule has 0 radical (unpaired) electrons. The van der Waals surface area contributed by atoms with Crippen LogP contribution in [-0.2, 0) is 21.1 Å². The highest BCUT2D eigenvalue weighted by molar-refractivity contribution is 7.91. The van der Waals surface area contributed by atoms with E-state index in [-0.39, 0.29) is 6.54 Å². The number of carbonyl (C=O) groups is 1. The van der Waals surface area contributed by atoms with Crippen LogP contribution in [0, 0.1) is 18.8 Å². The number of aryl methyl sites for hydroxylation is 1. The molecule has 1 N–H and O–H groups in total. The molecule has 0 bridgehead atoms. The molecule has 1 amide bonds. The van der Waals surface area contributed by atoms with E-state index in [4.69, 9.17) is 4.42 Å². The molecule has 5 nitrogen and oxygen atoms in total. The van der Waals surface area contributed by atoms with E-state index >= 15 is 0 Å². The highest BCUT2D eigenvalue weighted by Gasteiger charge is 2.54. The van der Waals surface area contributed by atoms with Crippen LogP contribution in [-0.4, -0.2) is 38.6 Å². The van der Waals surface area contributed by atoms with Crippen molar-refractivity contribution in [3.8, 4) is 0 Å². The molecule has 1 aromatic heterocycles. The number of halogens is 3. The molecule has 2 atom stereocenters. The molecule has 1 saturated heterocycles. The van der Waals surface area contributed by atoms with E-state index in [1.165, 1.54) is 0 Å². The average Bonchev–Trinajstić information content (AvgIpc) is 2.92. The second kappa shape index (κ2) is 5.94. The number of sulfone groups is 1. The Labute approximate surface area is 125 Å². The maximum absolute atomic E-state index is 12.8. The van der Waals surface area contributed by atoms with Gasteiger partial charge in [-0.25, -0.2) is 8.42 Å². The zero-order valence-electron chi connectivity index (χ0n) is 11.8. The van der Waals surface area contributed by atoms with E-state index in [2.05, 4.69) is 5.32 Å². The van der Waals surface area contributed by atoms with Gasteiger partial charge in [0.15, 0.2) is 9.84 Å². The molecule has 1 aliphatic heterocycles. The van der Waals surface area contributed by atoms with Crippen molar-refractivity contribution in [3.63, 3.8) is 0 Å². The molecule has 2 rings (SSSR count). The molecule has 9 heteroatoms. The number of rotatable bonds is 4. The van der Waals surface area contributed by atoms with E-state index in [0.29, 0.717) is 17.9 Å². The third-order valence-corrected chi connectivity index (χ3v) is 5.31. The first kappa shape index (κ1) is 16.9. The maximum atomic E-state index is 12.8. The minimum absolute atomic E-state index is 0.0902. The van der Waals surface area contributed by atoms with Crippen LogP contribution in [0.5, 0.6) is 0 Å². The molecule has 22 heavy (non-hydrogen) atoms. The van der Waals surface area contributed by atoms with E-state index in [1.54, 1.807) is 19.1 Å². The first-order valence-corrected chi connectivity index (χ1v) is 8.51. The van der Waals surface area contributed by atoms with Crippen molar-refractivity contribution in [3.05, 3.63) is 23.7 Å². The minimum atomic E-state index is -4.70. The molecule has 1 aliphatic rings. The number of hydrogen-bond donors (Lipinski definition) is 1. The monoisotopic (exact) mass is 339 g/mol. The van der Waals surface area contributed by atoms with Crippen LogP contribution in [0.1, 0.15) is 11.5 Å². The lowest BCUT2D eigenvalue weighted by molar-refractivity contribution is -0.181. The predicted octanol–water partition coefficient (Wildman–Crippen LogP) is 1.47. The summed E-state index contributed by atoms with van der Waals surface area (Å²) in [4.78, 5) is 11.9. The van der Waals surface area contributed by atoms with Crippen molar-refractivity contribution in [2.75, 3.05) is 18.1 Å². The van der Waals surface area contributed by atoms with Crippen molar-refractivity contribution in [2.24, 2.45) is 11.8 Å². The lowest BCUT2D eigenvalue weighted by Gasteiger charge is -2.20. The van der Waals surface area contributed by atoms with E-state index in [0.717, 1.165) is 0 Å². The number of nitrogens with one attached hydrogen (secondary N) is 1. The standard InChI is InChI=1S/C13H16F3NO4S/c1-8-2-3-9(21-8)4-5-17-12(18)10-6-22(19,20)7-11(10)13(14,15)16/h2-3,10-11H,4-7H2,1H3,(H,17,18). The topological polar surface area (TPSA) is 76.4 Å². The Balaban J connectivity index is 1.95. The fraction of sp³-hybridized carbons (Fsp3) is 0.615. The fourth-order valence-electron chi connectivity index (χ4n) is 2.49. The SMILES string of the molecule is Cc1ccc(CCNC(=O)C2CS(=O)(=O)CC2C(F)(F)F)o1. The second-order valence-corrected chi connectivity index (χ2v) is 7.54. The van der Waals surface area contributed by atoms with Gasteiger partial charge in [-0.2, -0.15) is 13.2 Å². The number of amides is 1. The smallest absolute Gasteiger partial charge is 0.393 e. The zero-order chi connectivity index (χ0) is 16.5. The molecular weight excluding hydrogens is 323 g/mol. The lowest BCUT2D eigenvalue weighted by atomic mass is 9.94. The summed E-state index contributed by atoms with van der Waals surface area (Å²) in [5.74, 6) is -5.09. The summed E-state index contributed by atoms with van der Waals surface area (Å²) in [7, 11) is -3.85. The van der Waals surface area contributed by atoms with Crippen LogP contribution in [0.2, 0.25) is 0 Å². The van der Waals surface area contributed by atoms with Crippen LogP contribution in [0.15, 0.2) is 16.5 Å². The van der Waals surface area contributed by atoms with Crippen LogP contribution < -0.4 is 5.32 Å². The first-order valence-electron chi connectivity index (χ1n) is 6.68. The number of furan rings is 1. The number of hydrogen-bond acceptors (Lipinski definition) is 4. The molecule has 2 heterocycles. The van der Waals surface area contributed by atoms with Gasteiger partial charge >= 0.3 is 6.18 Å². The average molecular weight is 339 g/mol. The van der Waals surface area contributed by atoms with Gasteiger partial charge in [-0.3, -0.25) is 4.79 Å². The summed E-state index contributed by atoms with van der Waals surface area (Å²) in [6, 6.07) is 3.44. The van der Waals surface area contributed by atoms with Gasteiger partial charge in [-0.15, -0.1) is 0 Å². The quantitative estimate of drug-likeness (QED) is 0.901. The van der Waals surface area contributed by atoms with E-state index < -0.39 is 45.3 Å². The van der Waals surface area contributed by atoms with Crippen LogP contribution in [0.25, 0.3) is 0 Å². The molecule has 0 saturated carbocycles. The lowest BCUT2D eigenvalue weighted by Crippen LogP contribution is -2.40. The highest BCUT2D eigenvalue weighted by Crippen LogP contribution is 2.38. The van der Waals surface area contributed by atoms with Gasteiger partial charge in [0, 0.05) is 13.0 Å². The Bertz CT molecular complexity index is 650. The highest BCUT2D eigenvalue weighted by atomic mass is 32.2. The second-order valence-electron chi connectivity index (χ2n) is 5.38. The van der Waals surface area contributed by atoms with Crippen molar-refractivity contribution < 1.29 is 30.8 Å². The summed E-state index contributed by atoms with van der Waals surface area (Å²) in [5, 5.41) is 2.36. The summed E-state index contributed by atoms with van der Waals surface area (Å²) < 4.78 is 66.6. The molecule has 0 spiro atoms. The van der Waals surface area contributed by atoms with Gasteiger partial charge in [0.25, 0.3) is 0 Å². The number of carbonyl (C=O) groups excluding carboxylic acids is 1. The van der Waals surface area contributed by atoms with E-state index in [1.807, 2.05) is 0 Å². The molecule has 0 aromatic carbocycles. The van der Waals surface area contributed by atoms with Crippen molar-refractivity contribution in [2.45, 2.75) is 19.5 Å². The Morgan fingerprint density at radius 1 is 1.36 bits per heavy atom. The van der Waals surface area contributed by atoms with Gasteiger partial charge in [0.2, 0.25) is 5.91 Å². The molecule has 124 valence electrons. The van der Waals surface area contributed by atoms with Gasteiger partial charge in [-0.1, -0.05) is 0 Å². The van der Waals surface area contributed by atoms with Crippen LogP contribution in [0.4, 0.5) is 13.2 Å². The summed E-state index contributed by atoms with van der Waals surface area (Å²) in [6.45, 7) is 1.84. The molecule has 0 aliphatic carbocycles. The Kier molecular flexibility index (Phi) is 4.55. The normalized spacial score (nSPS) is 24.4. The molecule has 1 aromatic rings. The fourth-order valence-corrected chi connectivity index (χ4v) is 4.52. The first-order chi connectivity index (χ1) is 10.1. The summed E-state index contributed by atoms with van der Waals surface area (Å²) in [5.41, 5.74) is 0. The van der Waals surface area contributed by atoms with Gasteiger partial charge < -0.3 is 9.73 Å². The molecule has 1 fully saturated rings. The third-order valence-electron chi connectivity index (χ3n) is 3.58. The van der Waals surface area contributed by atoms with Crippen molar-refractivity contribution >= 4 is 15.7 Å². The van der Waals surface area contributed by atoms with Gasteiger partial charge in [-0.05, 0) is 19.1 Å². The largest absolute Gasteiger partial charge is 0.466 e. The summed E-state index contributed by atoms with van der Waals surface area (Å²) >= 11 is 0. The third kappa shape index (κ3) is 4.02. The van der Waals surface area contributed by atoms with Gasteiger partial charge in [0.05, 0.1) is 23.3 Å².